The lowest BCUT2D eigenvalue weighted by atomic mass is 10.0. The molecule has 2 heterocycles. The summed E-state index contributed by atoms with van der Waals surface area (Å²) in [5.41, 5.74) is 3.70. The molecular formula is C25H25N3O3S. The number of aryl methyl sites for hydroxylation is 3. The van der Waals surface area contributed by atoms with E-state index in [4.69, 9.17) is 0 Å². The Hall–Kier alpha value is -3.45. The largest absolute Gasteiger partial charge is 0.351 e. The quantitative estimate of drug-likeness (QED) is 0.492. The standard InChI is InChI=1S/C25H25N3O3S/c1-16-9-10-19(17(2)13-16)11-12-26-22(29)21-14-20-23(30)28(15-18-7-5-4-6-8-18)25(31)27(3)24(20)32-21/h4-10,13-14H,11-12,15H2,1-3H3,(H,26,29). The first-order valence-corrected chi connectivity index (χ1v) is 11.3. The van der Waals surface area contributed by atoms with E-state index in [1.54, 1.807) is 13.1 Å². The van der Waals surface area contributed by atoms with Gasteiger partial charge in [-0.1, -0.05) is 54.1 Å². The van der Waals surface area contributed by atoms with Gasteiger partial charge in [0.05, 0.1) is 16.8 Å². The number of aromatic nitrogens is 2. The number of rotatable bonds is 6. The van der Waals surface area contributed by atoms with E-state index in [0.717, 1.165) is 23.3 Å². The van der Waals surface area contributed by atoms with E-state index in [2.05, 4.69) is 37.4 Å². The van der Waals surface area contributed by atoms with Gasteiger partial charge in [-0.2, -0.15) is 0 Å². The molecule has 0 radical (unpaired) electrons. The van der Waals surface area contributed by atoms with Crippen molar-refractivity contribution in [3.05, 3.63) is 103 Å². The van der Waals surface area contributed by atoms with Gasteiger partial charge in [-0.3, -0.25) is 18.7 Å². The lowest BCUT2D eigenvalue weighted by Gasteiger charge is -2.08. The molecule has 0 saturated carbocycles. The number of hydrogen-bond donors (Lipinski definition) is 1. The van der Waals surface area contributed by atoms with Crippen molar-refractivity contribution in [2.75, 3.05) is 6.54 Å². The van der Waals surface area contributed by atoms with Crippen LogP contribution in [-0.4, -0.2) is 21.6 Å². The number of carbonyl (C=O) groups excluding carboxylic acids is 1. The van der Waals surface area contributed by atoms with E-state index in [1.165, 1.54) is 25.8 Å². The smallest absolute Gasteiger partial charge is 0.332 e. The average Bonchev–Trinajstić information content (AvgIpc) is 3.23. The molecular weight excluding hydrogens is 422 g/mol. The zero-order chi connectivity index (χ0) is 22.8. The molecule has 1 amide bonds. The van der Waals surface area contributed by atoms with Crippen LogP contribution < -0.4 is 16.6 Å². The maximum atomic E-state index is 13.0. The second kappa shape index (κ2) is 8.96. The predicted octanol–water partition coefficient (Wildman–Crippen LogP) is 3.40. The molecule has 0 bridgehead atoms. The Kier molecular flexibility index (Phi) is 6.10. The molecule has 7 heteroatoms. The molecule has 1 N–H and O–H groups in total. The van der Waals surface area contributed by atoms with Crippen LogP contribution in [0.4, 0.5) is 0 Å². The van der Waals surface area contributed by atoms with E-state index in [0.29, 0.717) is 21.6 Å². The maximum Gasteiger partial charge on any atom is 0.332 e. The summed E-state index contributed by atoms with van der Waals surface area (Å²) in [5.74, 6) is -0.238. The minimum Gasteiger partial charge on any atom is -0.351 e. The summed E-state index contributed by atoms with van der Waals surface area (Å²) >= 11 is 1.16. The summed E-state index contributed by atoms with van der Waals surface area (Å²) in [6, 6.07) is 17.2. The van der Waals surface area contributed by atoms with Gasteiger partial charge < -0.3 is 5.32 Å². The van der Waals surface area contributed by atoms with E-state index < -0.39 is 5.69 Å². The molecule has 2 aromatic heterocycles. The Morgan fingerprint density at radius 3 is 2.50 bits per heavy atom. The number of thiophene rings is 1. The summed E-state index contributed by atoms with van der Waals surface area (Å²) in [5, 5.41) is 3.32. The van der Waals surface area contributed by atoms with Crippen LogP contribution in [0.3, 0.4) is 0 Å². The molecule has 32 heavy (non-hydrogen) atoms. The highest BCUT2D eigenvalue weighted by Crippen LogP contribution is 2.22. The minimum atomic E-state index is -0.394. The van der Waals surface area contributed by atoms with Crippen LogP contribution in [0.5, 0.6) is 0 Å². The normalized spacial score (nSPS) is 11.1. The summed E-state index contributed by atoms with van der Waals surface area (Å²) < 4.78 is 2.66. The molecule has 0 fully saturated rings. The second-order valence-electron chi connectivity index (χ2n) is 7.98. The minimum absolute atomic E-state index is 0.190. The third-order valence-electron chi connectivity index (χ3n) is 5.60. The van der Waals surface area contributed by atoms with Crippen LogP contribution >= 0.6 is 11.3 Å². The Balaban J connectivity index is 1.57. The number of carbonyl (C=O) groups is 1. The van der Waals surface area contributed by atoms with Crippen molar-refractivity contribution in [3.8, 4) is 0 Å². The fourth-order valence-corrected chi connectivity index (χ4v) is 4.85. The monoisotopic (exact) mass is 447 g/mol. The van der Waals surface area contributed by atoms with Gasteiger partial charge in [0.2, 0.25) is 0 Å². The highest BCUT2D eigenvalue weighted by Gasteiger charge is 2.18. The summed E-state index contributed by atoms with van der Waals surface area (Å²) in [4.78, 5) is 39.5. The second-order valence-corrected chi connectivity index (χ2v) is 9.01. The van der Waals surface area contributed by atoms with E-state index in [-0.39, 0.29) is 18.0 Å². The van der Waals surface area contributed by atoms with Crippen molar-refractivity contribution in [2.45, 2.75) is 26.8 Å². The van der Waals surface area contributed by atoms with Crippen LogP contribution in [0.15, 0.2) is 64.2 Å². The first kappa shape index (κ1) is 21.8. The fourth-order valence-electron chi connectivity index (χ4n) is 3.83. The van der Waals surface area contributed by atoms with Gasteiger partial charge in [-0.05, 0) is 43.0 Å². The van der Waals surface area contributed by atoms with Gasteiger partial charge >= 0.3 is 5.69 Å². The lowest BCUT2D eigenvalue weighted by Crippen LogP contribution is -2.38. The van der Waals surface area contributed by atoms with E-state index >= 15 is 0 Å². The molecule has 4 aromatic rings. The van der Waals surface area contributed by atoms with Gasteiger partial charge in [0.1, 0.15) is 4.83 Å². The number of fused-ring (bicyclic) bond motifs is 1. The van der Waals surface area contributed by atoms with Crippen molar-refractivity contribution in [3.63, 3.8) is 0 Å². The molecule has 4 rings (SSSR count). The number of nitrogens with zero attached hydrogens (tertiary/aromatic N) is 2. The molecule has 0 aliphatic heterocycles. The molecule has 0 atom stereocenters. The molecule has 0 spiro atoms. The number of benzene rings is 2. The maximum absolute atomic E-state index is 13.0. The van der Waals surface area contributed by atoms with Crippen molar-refractivity contribution >= 4 is 27.5 Å². The predicted molar refractivity (Wildman–Crippen MR) is 129 cm³/mol. The Morgan fingerprint density at radius 1 is 1.03 bits per heavy atom. The highest BCUT2D eigenvalue weighted by molar-refractivity contribution is 7.20. The van der Waals surface area contributed by atoms with Gasteiger partial charge in [0.15, 0.2) is 0 Å². The summed E-state index contributed by atoms with van der Waals surface area (Å²) in [6.07, 6.45) is 0.727. The highest BCUT2D eigenvalue weighted by atomic mass is 32.1. The number of hydrogen-bond acceptors (Lipinski definition) is 4. The average molecular weight is 448 g/mol. The zero-order valence-corrected chi connectivity index (χ0v) is 19.2. The molecule has 164 valence electrons. The zero-order valence-electron chi connectivity index (χ0n) is 18.3. The first-order valence-electron chi connectivity index (χ1n) is 10.5. The molecule has 0 aliphatic rings. The van der Waals surface area contributed by atoms with Crippen LogP contribution in [0.1, 0.15) is 31.9 Å². The first-order chi connectivity index (χ1) is 15.3. The Morgan fingerprint density at radius 2 is 1.78 bits per heavy atom. The van der Waals surface area contributed by atoms with Crippen molar-refractivity contribution in [1.29, 1.82) is 0 Å². The SMILES string of the molecule is Cc1ccc(CCNC(=O)c2cc3c(=O)n(Cc4ccccc4)c(=O)n(C)c3s2)c(C)c1. The van der Waals surface area contributed by atoms with Crippen LogP contribution in [0.2, 0.25) is 0 Å². The van der Waals surface area contributed by atoms with Gasteiger partial charge in [0.25, 0.3) is 11.5 Å². The van der Waals surface area contributed by atoms with Crippen LogP contribution in [0.25, 0.3) is 10.2 Å². The molecule has 0 unspecified atom stereocenters. The van der Waals surface area contributed by atoms with Gasteiger partial charge in [-0.25, -0.2) is 4.79 Å². The number of nitrogens with one attached hydrogen (secondary N) is 1. The lowest BCUT2D eigenvalue weighted by molar-refractivity contribution is 0.0958. The number of amides is 1. The van der Waals surface area contributed by atoms with E-state index in [9.17, 15) is 14.4 Å². The molecule has 2 aromatic carbocycles. The Labute approximate surface area is 189 Å². The van der Waals surface area contributed by atoms with Crippen LogP contribution in [0, 0.1) is 13.8 Å². The third-order valence-corrected chi connectivity index (χ3v) is 6.81. The van der Waals surface area contributed by atoms with Crippen molar-refractivity contribution in [1.82, 2.24) is 14.5 Å². The third kappa shape index (κ3) is 4.29. The van der Waals surface area contributed by atoms with Crippen molar-refractivity contribution < 1.29 is 4.79 Å². The Bertz CT molecular complexity index is 1410. The van der Waals surface area contributed by atoms with Gasteiger partial charge in [0, 0.05) is 13.6 Å². The fraction of sp³-hybridized carbons (Fsp3) is 0.240. The van der Waals surface area contributed by atoms with Crippen LogP contribution in [-0.2, 0) is 20.0 Å². The topological polar surface area (TPSA) is 73.1 Å². The van der Waals surface area contributed by atoms with Crippen molar-refractivity contribution in [2.24, 2.45) is 7.05 Å². The molecule has 0 aliphatic carbocycles. The summed E-state index contributed by atoms with van der Waals surface area (Å²) in [7, 11) is 1.63. The van der Waals surface area contributed by atoms with E-state index in [1.807, 2.05) is 30.3 Å². The molecule has 0 saturated heterocycles. The summed E-state index contributed by atoms with van der Waals surface area (Å²) in [6.45, 7) is 4.81. The van der Waals surface area contributed by atoms with Gasteiger partial charge in [-0.15, -0.1) is 11.3 Å². The molecule has 6 nitrogen and oxygen atoms in total.